The van der Waals surface area contributed by atoms with E-state index >= 15 is 0 Å². The largest absolute Gasteiger partial charge is 0.320 e. The molecule has 0 aromatic carbocycles. The molecular weight excluding hydrogens is 278 g/mol. The lowest BCUT2D eigenvalue weighted by Gasteiger charge is -2.00. The first-order valence-corrected chi connectivity index (χ1v) is 6.85. The lowest BCUT2D eigenvalue weighted by molar-refractivity contribution is 0.101. The molecule has 0 radical (unpaired) electrons. The van der Waals surface area contributed by atoms with Crippen LogP contribution in [0.15, 0.2) is 22.9 Å². The molecule has 0 aliphatic rings. The van der Waals surface area contributed by atoms with Gasteiger partial charge in [0.1, 0.15) is 4.88 Å². The summed E-state index contributed by atoms with van der Waals surface area (Å²) in [6, 6.07) is 3.34. The summed E-state index contributed by atoms with van der Waals surface area (Å²) in [6.45, 7) is 1.49. The smallest absolute Gasteiger partial charge is 0.267 e. The molecule has 2 heterocycles. The van der Waals surface area contributed by atoms with E-state index in [1.165, 1.54) is 29.6 Å². The first-order valence-electron chi connectivity index (χ1n) is 4.71. The highest BCUT2D eigenvalue weighted by Gasteiger charge is 2.13. The number of rotatable bonds is 3. The van der Waals surface area contributed by atoms with Gasteiger partial charge in [-0.2, -0.15) is 0 Å². The number of ketones is 1. The Hall–Kier alpha value is -1.17. The van der Waals surface area contributed by atoms with E-state index in [1.54, 1.807) is 22.9 Å². The quantitative estimate of drug-likeness (QED) is 0.869. The predicted molar refractivity (Wildman–Crippen MR) is 71.6 cm³/mol. The van der Waals surface area contributed by atoms with E-state index in [1.807, 2.05) is 0 Å². The van der Waals surface area contributed by atoms with Crippen LogP contribution in [0.5, 0.6) is 0 Å². The Kier molecular flexibility index (Phi) is 3.61. The van der Waals surface area contributed by atoms with Crippen molar-refractivity contribution in [3.05, 3.63) is 37.7 Å². The molecule has 0 saturated heterocycles. The van der Waals surface area contributed by atoms with Crippen LogP contribution in [0.3, 0.4) is 0 Å². The van der Waals surface area contributed by atoms with Crippen LogP contribution in [0.25, 0.3) is 0 Å². The highest BCUT2D eigenvalue weighted by atomic mass is 35.5. The molecule has 0 spiro atoms. The monoisotopic (exact) mass is 285 g/mol. The summed E-state index contributed by atoms with van der Waals surface area (Å²) in [4.78, 5) is 24.0. The van der Waals surface area contributed by atoms with E-state index in [9.17, 15) is 9.59 Å². The van der Waals surface area contributed by atoms with Crippen molar-refractivity contribution in [2.45, 2.75) is 6.92 Å². The molecule has 0 atom stereocenters. The van der Waals surface area contributed by atoms with Gasteiger partial charge in [-0.15, -0.1) is 22.7 Å². The van der Waals surface area contributed by atoms with E-state index in [0.29, 0.717) is 20.5 Å². The number of thiophene rings is 2. The van der Waals surface area contributed by atoms with Crippen molar-refractivity contribution in [3.8, 4) is 0 Å². The first kappa shape index (κ1) is 12.3. The number of amides is 1. The van der Waals surface area contributed by atoms with Crippen LogP contribution in [0.4, 0.5) is 5.69 Å². The van der Waals surface area contributed by atoms with E-state index in [0.717, 1.165) is 0 Å². The van der Waals surface area contributed by atoms with Gasteiger partial charge in [-0.25, -0.2) is 0 Å². The lowest BCUT2D eigenvalue weighted by Crippen LogP contribution is -2.09. The molecular formula is C11H8ClNO2S2. The number of carbonyl (C=O) groups is 2. The van der Waals surface area contributed by atoms with Gasteiger partial charge < -0.3 is 5.32 Å². The van der Waals surface area contributed by atoms with Gasteiger partial charge in [-0.3, -0.25) is 9.59 Å². The van der Waals surface area contributed by atoms with Crippen LogP contribution in [0, 0.1) is 0 Å². The molecule has 1 N–H and O–H groups in total. The Labute approximate surface area is 111 Å². The molecule has 2 rings (SSSR count). The van der Waals surface area contributed by atoms with Crippen molar-refractivity contribution in [3.63, 3.8) is 0 Å². The van der Waals surface area contributed by atoms with Crippen molar-refractivity contribution >= 4 is 51.7 Å². The molecule has 0 unspecified atom stereocenters. The van der Waals surface area contributed by atoms with Crippen LogP contribution in [0.2, 0.25) is 5.02 Å². The fraction of sp³-hybridized carbons (Fsp3) is 0.0909. The second-order valence-corrected chi connectivity index (χ2v) is 5.54. The van der Waals surface area contributed by atoms with Crippen molar-refractivity contribution in [1.29, 1.82) is 0 Å². The summed E-state index contributed by atoms with van der Waals surface area (Å²) in [5, 5.41) is 6.63. The van der Waals surface area contributed by atoms with Crippen molar-refractivity contribution in [2.75, 3.05) is 5.32 Å². The van der Waals surface area contributed by atoms with Gasteiger partial charge in [0.05, 0.1) is 15.6 Å². The number of hydrogen-bond acceptors (Lipinski definition) is 4. The second kappa shape index (κ2) is 5.00. The van der Waals surface area contributed by atoms with E-state index in [2.05, 4.69) is 5.32 Å². The zero-order valence-corrected chi connectivity index (χ0v) is 11.2. The third-order valence-corrected chi connectivity index (χ3v) is 4.40. The topological polar surface area (TPSA) is 46.2 Å². The van der Waals surface area contributed by atoms with Gasteiger partial charge in [0.25, 0.3) is 5.91 Å². The highest BCUT2D eigenvalue weighted by molar-refractivity contribution is 7.13. The molecule has 0 bridgehead atoms. The Bertz CT molecular complexity index is 574. The minimum atomic E-state index is -0.252. The normalized spacial score (nSPS) is 10.2. The summed E-state index contributed by atoms with van der Waals surface area (Å²) in [6.07, 6.45) is 0. The Morgan fingerprint density at radius 2 is 2.12 bits per heavy atom. The van der Waals surface area contributed by atoms with Gasteiger partial charge in [-0.05, 0) is 24.4 Å². The highest BCUT2D eigenvalue weighted by Crippen LogP contribution is 2.25. The second-order valence-electron chi connectivity index (χ2n) is 3.31. The van der Waals surface area contributed by atoms with Gasteiger partial charge in [-0.1, -0.05) is 11.6 Å². The Morgan fingerprint density at radius 1 is 1.35 bits per heavy atom. The van der Waals surface area contributed by atoms with Gasteiger partial charge in [0.15, 0.2) is 5.78 Å². The van der Waals surface area contributed by atoms with E-state index < -0.39 is 0 Å². The fourth-order valence-corrected chi connectivity index (χ4v) is 3.01. The maximum absolute atomic E-state index is 11.8. The molecule has 6 heteroatoms. The number of halogens is 1. The summed E-state index contributed by atoms with van der Waals surface area (Å²) in [7, 11) is 0. The lowest BCUT2D eigenvalue weighted by atomic mass is 10.3. The number of nitrogens with one attached hydrogen (secondary N) is 1. The molecule has 0 aliphatic carbocycles. The molecule has 2 aromatic rings. The maximum Gasteiger partial charge on any atom is 0.267 e. The SMILES string of the molecule is CC(=O)c1cc(NC(=O)c2sccc2Cl)cs1. The van der Waals surface area contributed by atoms with Crippen LogP contribution >= 0.6 is 34.3 Å². The molecule has 17 heavy (non-hydrogen) atoms. The maximum atomic E-state index is 11.8. The fourth-order valence-electron chi connectivity index (χ4n) is 1.23. The molecule has 2 aromatic heterocycles. The zero-order valence-electron chi connectivity index (χ0n) is 8.82. The minimum Gasteiger partial charge on any atom is -0.320 e. The molecule has 88 valence electrons. The van der Waals surface area contributed by atoms with Gasteiger partial charge in [0, 0.05) is 5.38 Å². The molecule has 0 aliphatic heterocycles. The average Bonchev–Trinajstić information content (AvgIpc) is 2.86. The zero-order chi connectivity index (χ0) is 12.4. The van der Waals surface area contributed by atoms with Crippen LogP contribution in [-0.4, -0.2) is 11.7 Å². The molecule has 0 fully saturated rings. The summed E-state index contributed by atoms with van der Waals surface area (Å²) in [5.74, 6) is -0.262. The number of anilines is 1. The Morgan fingerprint density at radius 3 is 2.65 bits per heavy atom. The number of carbonyl (C=O) groups excluding carboxylic acids is 2. The van der Waals surface area contributed by atoms with Crippen LogP contribution in [0.1, 0.15) is 26.3 Å². The summed E-state index contributed by atoms with van der Waals surface area (Å²) in [5.41, 5.74) is 0.620. The molecule has 3 nitrogen and oxygen atoms in total. The Balaban J connectivity index is 2.13. The van der Waals surface area contributed by atoms with Crippen molar-refractivity contribution in [1.82, 2.24) is 0 Å². The van der Waals surface area contributed by atoms with Gasteiger partial charge >= 0.3 is 0 Å². The van der Waals surface area contributed by atoms with Crippen LogP contribution < -0.4 is 5.32 Å². The van der Waals surface area contributed by atoms with Crippen molar-refractivity contribution in [2.24, 2.45) is 0 Å². The predicted octanol–water partition coefficient (Wildman–Crippen LogP) is 3.92. The summed E-state index contributed by atoms with van der Waals surface area (Å²) < 4.78 is 0. The van der Waals surface area contributed by atoms with E-state index in [-0.39, 0.29) is 11.7 Å². The minimum absolute atomic E-state index is 0.00958. The molecule has 1 amide bonds. The van der Waals surface area contributed by atoms with E-state index in [4.69, 9.17) is 11.6 Å². The van der Waals surface area contributed by atoms with Gasteiger partial charge in [0.2, 0.25) is 0 Å². The average molecular weight is 286 g/mol. The molecule has 0 saturated carbocycles. The third-order valence-electron chi connectivity index (χ3n) is 2.03. The first-order chi connectivity index (χ1) is 8.08. The third kappa shape index (κ3) is 2.74. The standard InChI is InChI=1S/C11H8ClNO2S2/c1-6(14)9-4-7(5-17-9)13-11(15)10-8(12)2-3-16-10/h2-5H,1H3,(H,13,15). The van der Waals surface area contributed by atoms with Crippen LogP contribution in [-0.2, 0) is 0 Å². The summed E-state index contributed by atoms with van der Waals surface area (Å²) >= 11 is 8.44. The van der Waals surface area contributed by atoms with Crippen molar-refractivity contribution < 1.29 is 9.59 Å². The number of hydrogen-bond donors (Lipinski definition) is 1. The number of Topliss-reactive ketones (excluding diaryl/α,β-unsaturated/α-hetero) is 1.